The van der Waals surface area contributed by atoms with Crippen LogP contribution in [0.3, 0.4) is 0 Å². The van der Waals surface area contributed by atoms with Gasteiger partial charge < -0.3 is 10.3 Å². The minimum atomic E-state index is 0.437. The van der Waals surface area contributed by atoms with Gasteiger partial charge in [-0.2, -0.15) is 5.10 Å². The molecule has 2 aromatic heterocycles. The van der Waals surface area contributed by atoms with E-state index in [9.17, 15) is 0 Å². The largest absolute Gasteiger partial charge is 0.324 e. The van der Waals surface area contributed by atoms with Gasteiger partial charge in [0.25, 0.3) is 0 Å². The normalized spacial score (nSPS) is 11.0. The topological polar surface area (TPSA) is 74.6 Å². The van der Waals surface area contributed by atoms with Crippen molar-refractivity contribution in [2.45, 2.75) is 38.1 Å². The van der Waals surface area contributed by atoms with Crippen LogP contribution in [-0.4, -0.2) is 30.3 Å². The fourth-order valence-corrected chi connectivity index (χ4v) is 2.60. The molecule has 0 aliphatic heterocycles. The average molecular weight is 266 g/mol. The number of hydrogen-bond acceptors (Lipinski definition) is 5. The van der Waals surface area contributed by atoms with Crippen LogP contribution in [0, 0.1) is 0 Å². The summed E-state index contributed by atoms with van der Waals surface area (Å²) in [7, 11) is 0. The van der Waals surface area contributed by atoms with Gasteiger partial charge in [-0.3, -0.25) is 4.68 Å². The Balaban J connectivity index is 1.94. The summed E-state index contributed by atoms with van der Waals surface area (Å²) in [6.45, 7) is 4.36. The fraction of sp³-hybridized carbons (Fsp3) is 0.545. The van der Waals surface area contributed by atoms with Crippen molar-refractivity contribution in [1.82, 2.24) is 24.5 Å². The summed E-state index contributed by atoms with van der Waals surface area (Å²) in [6.07, 6.45) is 4.80. The monoisotopic (exact) mass is 266 g/mol. The molecule has 0 unspecified atom stereocenters. The summed E-state index contributed by atoms with van der Waals surface area (Å²) >= 11 is 1.69. The molecule has 2 heterocycles. The van der Waals surface area contributed by atoms with Gasteiger partial charge >= 0.3 is 0 Å². The maximum Gasteiger partial charge on any atom is 0.191 e. The molecular formula is C11H18N6S. The van der Waals surface area contributed by atoms with Gasteiger partial charge in [0.1, 0.15) is 5.82 Å². The summed E-state index contributed by atoms with van der Waals surface area (Å²) in [5.41, 5.74) is 5.65. The van der Waals surface area contributed by atoms with Crippen molar-refractivity contribution in [2.75, 3.05) is 5.75 Å². The van der Waals surface area contributed by atoms with Crippen molar-refractivity contribution < 1.29 is 0 Å². The SMILES string of the molecule is CCCn1c(CN)nnc1SCCn1cccn1. The molecule has 0 radical (unpaired) electrons. The van der Waals surface area contributed by atoms with Crippen LogP contribution >= 0.6 is 11.8 Å². The second-order valence-corrected chi connectivity index (χ2v) is 4.93. The molecule has 18 heavy (non-hydrogen) atoms. The molecule has 6 nitrogen and oxygen atoms in total. The Hall–Kier alpha value is -1.34. The van der Waals surface area contributed by atoms with E-state index >= 15 is 0 Å². The second-order valence-electron chi connectivity index (χ2n) is 3.87. The lowest BCUT2D eigenvalue weighted by atomic mass is 10.4. The predicted octanol–water partition coefficient (Wildman–Crippen LogP) is 1.14. The zero-order valence-corrected chi connectivity index (χ0v) is 11.3. The molecule has 0 spiro atoms. The highest BCUT2D eigenvalue weighted by molar-refractivity contribution is 7.99. The molecule has 2 aromatic rings. The van der Waals surface area contributed by atoms with E-state index in [1.165, 1.54) is 0 Å². The molecule has 0 aliphatic carbocycles. The van der Waals surface area contributed by atoms with Crippen LogP contribution in [0.25, 0.3) is 0 Å². The van der Waals surface area contributed by atoms with Crippen LogP contribution in [0.15, 0.2) is 23.6 Å². The molecule has 0 aliphatic rings. The van der Waals surface area contributed by atoms with Crippen LogP contribution in [0.4, 0.5) is 0 Å². The Morgan fingerprint density at radius 2 is 2.22 bits per heavy atom. The standard InChI is InChI=1S/C11H18N6S/c1-2-5-17-10(9-12)14-15-11(17)18-8-7-16-6-3-4-13-16/h3-4,6H,2,5,7-9,12H2,1H3. The van der Waals surface area contributed by atoms with Crippen LogP contribution in [0.1, 0.15) is 19.2 Å². The molecule has 0 aromatic carbocycles. The molecule has 7 heteroatoms. The number of aromatic nitrogens is 5. The van der Waals surface area contributed by atoms with Gasteiger partial charge in [-0.15, -0.1) is 10.2 Å². The van der Waals surface area contributed by atoms with Crippen LogP contribution in [0.5, 0.6) is 0 Å². The fourth-order valence-electron chi connectivity index (χ4n) is 1.69. The third-order valence-corrected chi connectivity index (χ3v) is 3.48. The van der Waals surface area contributed by atoms with Crippen molar-refractivity contribution in [1.29, 1.82) is 0 Å². The minimum Gasteiger partial charge on any atom is -0.324 e. The van der Waals surface area contributed by atoms with Gasteiger partial charge in [-0.1, -0.05) is 18.7 Å². The highest BCUT2D eigenvalue weighted by atomic mass is 32.2. The summed E-state index contributed by atoms with van der Waals surface area (Å²) in [5.74, 6) is 1.78. The molecule has 0 bridgehead atoms. The van der Waals surface area contributed by atoms with Crippen molar-refractivity contribution in [2.24, 2.45) is 5.73 Å². The smallest absolute Gasteiger partial charge is 0.191 e. The Labute approximate surface area is 111 Å². The van der Waals surface area contributed by atoms with Crippen LogP contribution < -0.4 is 5.73 Å². The van der Waals surface area contributed by atoms with Gasteiger partial charge in [-0.05, 0) is 12.5 Å². The Morgan fingerprint density at radius 3 is 2.89 bits per heavy atom. The Kier molecular flexibility index (Phi) is 4.77. The number of nitrogens with zero attached hydrogens (tertiary/aromatic N) is 5. The van der Waals surface area contributed by atoms with E-state index < -0.39 is 0 Å². The lowest BCUT2D eigenvalue weighted by Crippen LogP contribution is -2.09. The number of thioether (sulfide) groups is 1. The van der Waals surface area contributed by atoms with Gasteiger partial charge in [-0.25, -0.2) is 0 Å². The average Bonchev–Trinajstić information content (AvgIpc) is 3.00. The Morgan fingerprint density at radius 1 is 1.33 bits per heavy atom. The summed E-state index contributed by atoms with van der Waals surface area (Å²) < 4.78 is 4.02. The van der Waals surface area contributed by atoms with E-state index in [2.05, 4.69) is 26.8 Å². The van der Waals surface area contributed by atoms with Gasteiger partial charge in [0, 0.05) is 24.7 Å². The first kappa shape index (κ1) is 13.1. The summed E-state index contributed by atoms with van der Waals surface area (Å²) in [6, 6.07) is 1.93. The molecule has 2 N–H and O–H groups in total. The molecule has 0 saturated heterocycles. The zero-order chi connectivity index (χ0) is 12.8. The Bertz CT molecular complexity index is 464. The highest BCUT2D eigenvalue weighted by Crippen LogP contribution is 2.17. The molecule has 0 atom stereocenters. The quantitative estimate of drug-likeness (QED) is 0.761. The van der Waals surface area contributed by atoms with Gasteiger partial charge in [0.15, 0.2) is 5.16 Å². The van der Waals surface area contributed by atoms with Crippen LogP contribution in [0.2, 0.25) is 0 Å². The maximum atomic E-state index is 5.65. The molecular weight excluding hydrogens is 248 g/mol. The lowest BCUT2D eigenvalue weighted by molar-refractivity contribution is 0.591. The zero-order valence-electron chi connectivity index (χ0n) is 10.5. The highest BCUT2D eigenvalue weighted by Gasteiger charge is 2.10. The first-order chi connectivity index (χ1) is 8.85. The number of hydrogen-bond donors (Lipinski definition) is 1. The summed E-state index contributed by atoms with van der Waals surface area (Å²) in [4.78, 5) is 0. The van der Waals surface area contributed by atoms with Gasteiger partial charge in [0.05, 0.1) is 13.1 Å². The predicted molar refractivity (Wildman–Crippen MR) is 71.2 cm³/mol. The molecule has 0 fully saturated rings. The number of nitrogens with two attached hydrogens (primary N) is 1. The maximum absolute atomic E-state index is 5.65. The molecule has 98 valence electrons. The molecule has 2 rings (SSSR count). The molecule has 0 amide bonds. The van der Waals surface area contributed by atoms with E-state index in [1.807, 2.05) is 16.9 Å². The molecule has 0 saturated carbocycles. The number of rotatable bonds is 7. The van der Waals surface area contributed by atoms with Crippen LogP contribution in [-0.2, 0) is 19.6 Å². The van der Waals surface area contributed by atoms with Gasteiger partial charge in [0.2, 0.25) is 0 Å². The summed E-state index contributed by atoms with van der Waals surface area (Å²) in [5, 5.41) is 13.4. The minimum absolute atomic E-state index is 0.437. The van der Waals surface area contributed by atoms with E-state index in [1.54, 1.807) is 18.0 Å². The number of aryl methyl sites for hydroxylation is 1. The van der Waals surface area contributed by atoms with Crippen molar-refractivity contribution >= 4 is 11.8 Å². The van der Waals surface area contributed by atoms with Crippen molar-refractivity contribution in [3.8, 4) is 0 Å². The lowest BCUT2D eigenvalue weighted by Gasteiger charge is -2.07. The van der Waals surface area contributed by atoms with E-state index in [4.69, 9.17) is 5.73 Å². The first-order valence-electron chi connectivity index (χ1n) is 6.07. The third kappa shape index (κ3) is 3.11. The third-order valence-electron chi connectivity index (χ3n) is 2.53. The van der Waals surface area contributed by atoms with E-state index in [0.717, 1.165) is 36.2 Å². The van der Waals surface area contributed by atoms with Crippen molar-refractivity contribution in [3.63, 3.8) is 0 Å². The first-order valence-corrected chi connectivity index (χ1v) is 7.06. The van der Waals surface area contributed by atoms with E-state index in [0.29, 0.717) is 6.54 Å². The van der Waals surface area contributed by atoms with E-state index in [-0.39, 0.29) is 0 Å². The second kappa shape index (κ2) is 6.55. The van der Waals surface area contributed by atoms with Crippen molar-refractivity contribution in [3.05, 3.63) is 24.3 Å².